The van der Waals surface area contributed by atoms with Gasteiger partial charge in [0.2, 0.25) is 0 Å². The summed E-state index contributed by atoms with van der Waals surface area (Å²) in [6, 6.07) is 10.8. The molecule has 5 heteroatoms. The number of hydrogen-bond acceptors (Lipinski definition) is 2. The highest BCUT2D eigenvalue weighted by atomic mass is 16.4. The monoisotopic (exact) mass is 255 g/mol. The quantitative estimate of drug-likeness (QED) is 0.737. The van der Waals surface area contributed by atoms with Crippen LogP contribution in [0.3, 0.4) is 0 Å². The maximum atomic E-state index is 11.3. The number of fused-ring (bicyclic) bond motifs is 3. The van der Waals surface area contributed by atoms with Gasteiger partial charge in [-0.1, -0.05) is 24.3 Å². The third kappa shape index (κ3) is 1.55. The van der Waals surface area contributed by atoms with E-state index < -0.39 is 11.9 Å². The molecule has 19 heavy (non-hydrogen) atoms. The molecule has 0 bridgehead atoms. The SMILES string of the molecule is O=C(O)c1cn2c(ccc3ccccc32)c1C(=O)O. The van der Waals surface area contributed by atoms with E-state index in [1.807, 2.05) is 24.3 Å². The van der Waals surface area contributed by atoms with Gasteiger partial charge in [0.1, 0.15) is 0 Å². The molecule has 0 aliphatic carbocycles. The van der Waals surface area contributed by atoms with Gasteiger partial charge in [-0.15, -0.1) is 0 Å². The van der Waals surface area contributed by atoms with Crippen LogP contribution in [0.25, 0.3) is 16.4 Å². The Hall–Kier alpha value is -2.82. The second-order valence-electron chi connectivity index (χ2n) is 4.18. The molecular weight excluding hydrogens is 246 g/mol. The molecule has 3 rings (SSSR count). The fourth-order valence-corrected chi connectivity index (χ4v) is 2.29. The molecule has 0 spiro atoms. The van der Waals surface area contributed by atoms with E-state index in [4.69, 9.17) is 5.11 Å². The Balaban J connectivity index is 2.53. The Bertz CT molecular complexity index is 832. The zero-order valence-electron chi connectivity index (χ0n) is 9.70. The van der Waals surface area contributed by atoms with E-state index in [-0.39, 0.29) is 11.1 Å². The van der Waals surface area contributed by atoms with Crippen molar-refractivity contribution in [2.24, 2.45) is 0 Å². The van der Waals surface area contributed by atoms with Gasteiger partial charge in [-0.05, 0) is 17.5 Å². The smallest absolute Gasteiger partial charge is 0.338 e. The number of aromatic nitrogens is 1. The van der Waals surface area contributed by atoms with Crippen molar-refractivity contribution in [1.29, 1.82) is 0 Å². The van der Waals surface area contributed by atoms with E-state index in [0.29, 0.717) is 5.52 Å². The van der Waals surface area contributed by atoms with E-state index >= 15 is 0 Å². The molecule has 0 fully saturated rings. The van der Waals surface area contributed by atoms with Crippen LogP contribution < -0.4 is 0 Å². The topological polar surface area (TPSA) is 79.0 Å². The number of para-hydroxylation sites is 1. The predicted octanol–water partition coefficient (Wildman–Crippen LogP) is 2.49. The number of pyridine rings is 1. The van der Waals surface area contributed by atoms with Gasteiger partial charge in [-0.3, -0.25) is 0 Å². The molecule has 0 atom stereocenters. The molecule has 2 aromatic heterocycles. The fraction of sp³-hybridized carbons (Fsp3) is 0. The van der Waals surface area contributed by atoms with Crippen LogP contribution >= 0.6 is 0 Å². The zero-order chi connectivity index (χ0) is 13.6. The Morgan fingerprint density at radius 3 is 2.32 bits per heavy atom. The molecule has 94 valence electrons. The molecule has 0 unspecified atom stereocenters. The van der Waals surface area contributed by atoms with Gasteiger partial charge in [-0.2, -0.15) is 0 Å². The fourth-order valence-electron chi connectivity index (χ4n) is 2.29. The number of carbonyl (C=O) groups is 2. The minimum absolute atomic E-state index is 0.182. The Morgan fingerprint density at radius 1 is 0.895 bits per heavy atom. The van der Waals surface area contributed by atoms with E-state index in [1.165, 1.54) is 6.20 Å². The van der Waals surface area contributed by atoms with Crippen LogP contribution in [0.2, 0.25) is 0 Å². The zero-order valence-corrected chi connectivity index (χ0v) is 9.70. The lowest BCUT2D eigenvalue weighted by molar-refractivity contribution is 0.0654. The molecule has 2 N–H and O–H groups in total. The van der Waals surface area contributed by atoms with Crippen LogP contribution in [-0.2, 0) is 0 Å². The molecule has 1 aromatic carbocycles. The van der Waals surface area contributed by atoms with Gasteiger partial charge in [0.05, 0.1) is 22.2 Å². The normalized spacial score (nSPS) is 10.9. The van der Waals surface area contributed by atoms with Crippen LogP contribution in [-0.4, -0.2) is 26.6 Å². The second-order valence-corrected chi connectivity index (χ2v) is 4.18. The van der Waals surface area contributed by atoms with Crippen molar-refractivity contribution < 1.29 is 19.8 Å². The van der Waals surface area contributed by atoms with Crippen molar-refractivity contribution in [2.75, 3.05) is 0 Å². The van der Waals surface area contributed by atoms with Crippen molar-refractivity contribution in [1.82, 2.24) is 4.40 Å². The molecule has 0 aliphatic rings. The highest BCUT2D eigenvalue weighted by Gasteiger charge is 2.22. The lowest BCUT2D eigenvalue weighted by atomic mass is 10.1. The third-order valence-electron chi connectivity index (χ3n) is 3.10. The summed E-state index contributed by atoms with van der Waals surface area (Å²) in [5, 5.41) is 19.2. The van der Waals surface area contributed by atoms with Gasteiger partial charge in [0.25, 0.3) is 0 Å². The number of carboxylic acid groups (broad SMARTS) is 2. The highest BCUT2D eigenvalue weighted by Crippen LogP contribution is 2.24. The summed E-state index contributed by atoms with van der Waals surface area (Å²) in [7, 11) is 0. The molecule has 0 radical (unpaired) electrons. The second kappa shape index (κ2) is 3.84. The van der Waals surface area contributed by atoms with Gasteiger partial charge in [0, 0.05) is 6.20 Å². The van der Waals surface area contributed by atoms with Gasteiger partial charge < -0.3 is 14.6 Å². The number of aromatic carboxylic acids is 2. The van der Waals surface area contributed by atoms with Crippen LogP contribution in [0, 0.1) is 0 Å². The summed E-state index contributed by atoms with van der Waals surface area (Å²) in [5.74, 6) is -2.49. The molecule has 5 nitrogen and oxygen atoms in total. The van der Waals surface area contributed by atoms with Gasteiger partial charge in [0.15, 0.2) is 0 Å². The molecule has 2 heterocycles. The first-order valence-corrected chi connectivity index (χ1v) is 5.59. The molecule has 3 aromatic rings. The number of benzene rings is 1. The van der Waals surface area contributed by atoms with Crippen molar-refractivity contribution in [3.05, 3.63) is 53.7 Å². The highest BCUT2D eigenvalue weighted by molar-refractivity contribution is 6.08. The third-order valence-corrected chi connectivity index (χ3v) is 3.10. The summed E-state index contributed by atoms with van der Waals surface area (Å²) in [4.78, 5) is 22.4. The van der Waals surface area contributed by atoms with Crippen LogP contribution in [0.4, 0.5) is 0 Å². The summed E-state index contributed by atoms with van der Waals surface area (Å²) >= 11 is 0. The number of nitrogens with zero attached hydrogens (tertiary/aromatic N) is 1. The maximum Gasteiger partial charge on any atom is 0.338 e. The van der Waals surface area contributed by atoms with E-state index in [0.717, 1.165) is 10.9 Å². The number of carboxylic acids is 2. The van der Waals surface area contributed by atoms with Crippen molar-refractivity contribution in [3.63, 3.8) is 0 Å². The standard InChI is InChI=1S/C14H9NO4/c16-13(17)9-7-15-10-4-2-1-3-8(10)5-6-11(15)12(9)14(18)19/h1-7H,(H,16,17)(H,18,19). The summed E-state index contributed by atoms with van der Waals surface area (Å²) in [5.41, 5.74) is 0.765. The Kier molecular flexibility index (Phi) is 2.28. The van der Waals surface area contributed by atoms with E-state index in [1.54, 1.807) is 16.5 Å². The molecule has 0 saturated heterocycles. The maximum absolute atomic E-state index is 11.3. The first kappa shape index (κ1) is 11.3. The van der Waals surface area contributed by atoms with Crippen LogP contribution in [0.1, 0.15) is 20.7 Å². The molecule has 0 amide bonds. The van der Waals surface area contributed by atoms with E-state index in [9.17, 15) is 14.7 Å². The van der Waals surface area contributed by atoms with Crippen molar-refractivity contribution in [2.45, 2.75) is 0 Å². The minimum atomic E-state index is -1.25. The predicted molar refractivity (Wildman–Crippen MR) is 68.8 cm³/mol. The molecular formula is C14H9NO4. The molecule has 0 aliphatic heterocycles. The first-order chi connectivity index (χ1) is 9.09. The Labute approximate surface area is 107 Å². The minimum Gasteiger partial charge on any atom is -0.478 e. The van der Waals surface area contributed by atoms with Crippen LogP contribution in [0.15, 0.2) is 42.6 Å². The summed E-state index contributed by atoms with van der Waals surface area (Å²) in [6.07, 6.45) is 1.35. The van der Waals surface area contributed by atoms with Crippen LogP contribution in [0.5, 0.6) is 0 Å². The van der Waals surface area contributed by atoms with E-state index in [2.05, 4.69) is 0 Å². The summed E-state index contributed by atoms with van der Waals surface area (Å²) in [6.45, 7) is 0. The van der Waals surface area contributed by atoms with Gasteiger partial charge >= 0.3 is 11.9 Å². The molecule has 0 saturated carbocycles. The van der Waals surface area contributed by atoms with Crippen molar-refractivity contribution in [3.8, 4) is 0 Å². The van der Waals surface area contributed by atoms with Gasteiger partial charge in [-0.25, -0.2) is 9.59 Å². The Morgan fingerprint density at radius 2 is 1.63 bits per heavy atom. The average molecular weight is 255 g/mol. The number of rotatable bonds is 2. The lowest BCUT2D eigenvalue weighted by Gasteiger charge is -2.02. The average Bonchev–Trinajstić information content (AvgIpc) is 2.78. The largest absolute Gasteiger partial charge is 0.478 e. The first-order valence-electron chi connectivity index (χ1n) is 5.59. The van der Waals surface area contributed by atoms with Crippen molar-refractivity contribution >= 4 is 28.4 Å². The lowest BCUT2D eigenvalue weighted by Crippen LogP contribution is -2.04. The summed E-state index contributed by atoms with van der Waals surface area (Å²) < 4.78 is 1.60. The number of hydrogen-bond donors (Lipinski definition) is 2.